The molecule has 5 rings (SSSR count). The third kappa shape index (κ3) is 4.49. The molecule has 0 amide bonds. The molecule has 1 aliphatic heterocycles. The van der Waals surface area contributed by atoms with Crippen LogP contribution in [-0.4, -0.2) is 27.7 Å². The normalized spacial score (nSPS) is 40.7. The first-order valence-electron chi connectivity index (χ1n) is 14.9. The van der Waals surface area contributed by atoms with E-state index in [1.165, 1.54) is 5.57 Å². The van der Waals surface area contributed by atoms with Crippen LogP contribution in [0.15, 0.2) is 23.8 Å². The van der Waals surface area contributed by atoms with E-state index in [1.54, 1.807) is 11.8 Å². The first-order chi connectivity index (χ1) is 17.5. The number of carbonyl (C=O) groups excluding carboxylic acids is 3. The monoisotopic (exact) mass is 526 g/mol. The summed E-state index contributed by atoms with van der Waals surface area (Å²) in [6.07, 6.45) is 13.5. The summed E-state index contributed by atoms with van der Waals surface area (Å²) in [5, 5.41) is 0.416. The summed E-state index contributed by atoms with van der Waals surface area (Å²) in [5.41, 5.74) is 2.04. The number of rotatable bonds is 7. The van der Waals surface area contributed by atoms with Crippen LogP contribution in [-0.2, 0) is 19.1 Å². The van der Waals surface area contributed by atoms with Crippen LogP contribution >= 0.6 is 11.8 Å². The quantitative estimate of drug-likeness (QED) is 0.252. The Morgan fingerprint density at radius 1 is 1.08 bits per heavy atom. The van der Waals surface area contributed by atoms with Crippen LogP contribution in [0.2, 0.25) is 0 Å². The Labute approximate surface area is 227 Å². The zero-order valence-corrected chi connectivity index (χ0v) is 24.2. The summed E-state index contributed by atoms with van der Waals surface area (Å²) in [6, 6.07) is 0. The molecule has 3 saturated carbocycles. The highest BCUT2D eigenvalue weighted by molar-refractivity contribution is 8.14. The highest BCUT2D eigenvalue weighted by atomic mass is 32.2. The Balaban J connectivity index is 1.42. The molecular formula is C32H46O4S. The van der Waals surface area contributed by atoms with Gasteiger partial charge in [-0.05, 0) is 86.5 Å². The highest BCUT2D eigenvalue weighted by Gasteiger charge is 2.68. The molecule has 0 bridgehead atoms. The van der Waals surface area contributed by atoms with E-state index in [2.05, 4.69) is 34.3 Å². The number of allylic oxidation sites excluding steroid dienone is 2. The van der Waals surface area contributed by atoms with Crippen molar-refractivity contribution in [3.8, 4) is 0 Å². The number of thioether (sulfide) groups is 1. The van der Waals surface area contributed by atoms with Crippen molar-refractivity contribution in [2.75, 3.05) is 0 Å². The fraction of sp³-hybridized carbons (Fsp3) is 0.781. The SMILES string of the molecule is C=C(CC(=O)S[C@@H]1CC2=CC(=O)CCC2(C)C2CCC3(C)C(CC[C@@]34CCC(=O)O4)C21)CC(CC)CC. The second kappa shape index (κ2) is 9.99. The molecule has 204 valence electrons. The molecule has 4 fully saturated rings. The number of ether oxygens (including phenoxy) is 1. The second-order valence-corrected chi connectivity index (χ2v) is 14.6. The summed E-state index contributed by atoms with van der Waals surface area (Å²) in [7, 11) is 0. The molecule has 1 heterocycles. The molecule has 4 nitrogen and oxygen atoms in total. The largest absolute Gasteiger partial charge is 0.458 e. The average Bonchev–Trinajstić information content (AvgIpc) is 3.38. The molecule has 0 N–H and O–H groups in total. The Kier molecular flexibility index (Phi) is 7.35. The summed E-state index contributed by atoms with van der Waals surface area (Å²) in [6.45, 7) is 13.5. The van der Waals surface area contributed by atoms with Gasteiger partial charge in [-0.15, -0.1) is 0 Å². The maximum absolute atomic E-state index is 13.5. The van der Waals surface area contributed by atoms with E-state index >= 15 is 0 Å². The Morgan fingerprint density at radius 3 is 2.49 bits per heavy atom. The molecule has 4 aliphatic carbocycles. The molecule has 1 spiro atoms. The zero-order valence-electron chi connectivity index (χ0n) is 23.4. The Morgan fingerprint density at radius 2 is 1.81 bits per heavy atom. The van der Waals surface area contributed by atoms with Crippen molar-refractivity contribution in [3.05, 3.63) is 23.8 Å². The molecule has 0 aromatic heterocycles. The van der Waals surface area contributed by atoms with Crippen molar-refractivity contribution >= 4 is 28.6 Å². The minimum atomic E-state index is -0.317. The third-order valence-corrected chi connectivity index (χ3v) is 12.9. The first kappa shape index (κ1) is 27.2. The fourth-order valence-corrected chi connectivity index (χ4v) is 10.8. The van der Waals surface area contributed by atoms with Gasteiger partial charge in [0.15, 0.2) is 10.9 Å². The number of hydrogen-bond acceptors (Lipinski definition) is 5. The van der Waals surface area contributed by atoms with Gasteiger partial charge in [0.25, 0.3) is 0 Å². The van der Waals surface area contributed by atoms with Gasteiger partial charge in [0.05, 0.1) is 0 Å². The minimum Gasteiger partial charge on any atom is -0.458 e. The Hall–Kier alpha value is -1.36. The van der Waals surface area contributed by atoms with Crippen LogP contribution < -0.4 is 0 Å². The molecule has 7 atom stereocenters. The van der Waals surface area contributed by atoms with Gasteiger partial charge in [0.2, 0.25) is 0 Å². The highest BCUT2D eigenvalue weighted by Crippen LogP contribution is 2.70. The number of ketones is 1. The molecular weight excluding hydrogens is 480 g/mol. The van der Waals surface area contributed by atoms with Crippen molar-refractivity contribution in [1.29, 1.82) is 0 Å². The van der Waals surface area contributed by atoms with Crippen molar-refractivity contribution in [2.24, 2.45) is 34.5 Å². The van der Waals surface area contributed by atoms with E-state index in [4.69, 9.17) is 4.74 Å². The van der Waals surface area contributed by atoms with Gasteiger partial charge < -0.3 is 4.74 Å². The second-order valence-electron chi connectivity index (χ2n) is 13.4. The van der Waals surface area contributed by atoms with Crippen LogP contribution in [0.4, 0.5) is 0 Å². The van der Waals surface area contributed by atoms with E-state index in [9.17, 15) is 14.4 Å². The molecule has 37 heavy (non-hydrogen) atoms. The topological polar surface area (TPSA) is 60.4 Å². The van der Waals surface area contributed by atoms with Gasteiger partial charge in [0.1, 0.15) is 5.60 Å². The average molecular weight is 527 g/mol. The zero-order chi connectivity index (χ0) is 26.6. The molecule has 0 aromatic carbocycles. The van der Waals surface area contributed by atoms with Crippen LogP contribution in [0.5, 0.6) is 0 Å². The van der Waals surface area contributed by atoms with E-state index in [-0.39, 0.29) is 38.5 Å². The number of esters is 1. The lowest BCUT2D eigenvalue weighted by atomic mass is 9.46. The van der Waals surface area contributed by atoms with E-state index < -0.39 is 0 Å². The lowest BCUT2D eigenvalue weighted by Gasteiger charge is -2.61. The van der Waals surface area contributed by atoms with Crippen LogP contribution in [0, 0.1) is 34.5 Å². The molecule has 1 saturated heterocycles. The van der Waals surface area contributed by atoms with Gasteiger partial charge in [0, 0.05) is 29.9 Å². The van der Waals surface area contributed by atoms with Crippen LogP contribution in [0.3, 0.4) is 0 Å². The maximum atomic E-state index is 13.5. The van der Waals surface area contributed by atoms with Crippen molar-refractivity contribution in [2.45, 2.75) is 122 Å². The van der Waals surface area contributed by atoms with Crippen molar-refractivity contribution < 1.29 is 19.1 Å². The van der Waals surface area contributed by atoms with E-state index in [0.717, 1.165) is 69.8 Å². The predicted molar refractivity (Wildman–Crippen MR) is 149 cm³/mol. The minimum absolute atomic E-state index is 0.0245. The molecule has 5 aliphatic rings. The van der Waals surface area contributed by atoms with Gasteiger partial charge in [-0.2, -0.15) is 0 Å². The molecule has 0 radical (unpaired) electrons. The lowest BCUT2D eigenvalue weighted by molar-refractivity contribution is -0.167. The summed E-state index contributed by atoms with van der Waals surface area (Å²) >= 11 is 1.55. The molecule has 5 heteroatoms. The van der Waals surface area contributed by atoms with Crippen molar-refractivity contribution in [1.82, 2.24) is 0 Å². The molecule has 5 unspecified atom stereocenters. The van der Waals surface area contributed by atoms with Gasteiger partial charge in [-0.3, -0.25) is 14.4 Å². The van der Waals surface area contributed by atoms with E-state index in [1.807, 2.05) is 6.08 Å². The van der Waals surface area contributed by atoms with E-state index in [0.29, 0.717) is 42.9 Å². The fourth-order valence-electron chi connectivity index (χ4n) is 9.39. The van der Waals surface area contributed by atoms with Crippen LogP contribution in [0.1, 0.15) is 111 Å². The number of carbonyl (C=O) groups is 3. The van der Waals surface area contributed by atoms with Gasteiger partial charge in [-0.25, -0.2) is 0 Å². The summed E-state index contributed by atoms with van der Waals surface area (Å²) < 4.78 is 6.15. The molecule has 0 aromatic rings. The summed E-state index contributed by atoms with van der Waals surface area (Å²) in [5.74, 6) is 2.15. The maximum Gasteiger partial charge on any atom is 0.306 e. The standard InChI is InChI=1S/C32H46O4S/c1-6-21(7-2)16-20(3)17-28(35)37-26-19-22-18-23(33)8-12-30(22,4)24-9-13-31(5)25(29(24)26)10-14-32(31)15-11-27(34)36-32/h18,21,24-26,29H,3,6-17,19H2,1-2,4-5H3/t24?,25?,26-,29?,30?,31?,32-/m1/s1. The smallest absolute Gasteiger partial charge is 0.306 e. The lowest BCUT2D eigenvalue weighted by Crippen LogP contribution is -2.57. The number of fused-ring (bicyclic) bond motifs is 6. The van der Waals surface area contributed by atoms with Crippen LogP contribution in [0.25, 0.3) is 0 Å². The summed E-state index contributed by atoms with van der Waals surface area (Å²) in [4.78, 5) is 38.2. The van der Waals surface area contributed by atoms with Gasteiger partial charge in [-0.1, -0.05) is 70.0 Å². The first-order valence-corrected chi connectivity index (χ1v) is 15.7. The third-order valence-electron chi connectivity index (χ3n) is 11.7. The van der Waals surface area contributed by atoms with Crippen molar-refractivity contribution in [3.63, 3.8) is 0 Å². The Bertz CT molecular complexity index is 1010. The predicted octanol–water partition coefficient (Wildman–Crippen LogP) is 7.61. The van der Waals surface area contributed by atoms with Gasteiger partial charge >= 0.3 is 5.97 Å². The number of hydrogen-bond donors (Lipinski definition) is 0.